The highest BCUT2D eigenvalue weighted by Crippen LogP contribution is 2.29. The van der Waals surface area contributed by atoms with Crippen molar-refractivity contribution in [3.8, 4) is 5.69 Å². The predicted molar refractivity (Wildman–Crippen MR) is 106 cm³/mol. The van der Waals surface area contributed by atoms with E-state index < -0.39 is 16.2 Å². The molecule has 0 amide bonds. The molecule has 0 aliphatic carbocycles. The van der Waals surface area contributed by atoms with Crippen molar-refractivity contribution in [2.75, 3.05) is 11.9 Å². The molecule has 10 heteroatoms. The van der Waals surface area contributed by atoms with Gasteiger partial charge in [-0.25, -0.2) is 14.6 Å². The molecule has 0 saturated carbocycles. The topological polar surface area (TPSA) is 111 Å². The van der Waals surface area contributed by atoms with Gasteiger partial charge in [-0.15, -0.1) is 0 Å². The van der Waals surface area contributed by atoms with Crippen LogP contribution in [0, 0.1) is 10.1 Å². The number of nitrogens with zero attached hydrogens (tertiary/aromatic N) is 7. The highest BCUT2D eigenvalue weighted by Gasteiger charge is 2.28. The van der Waals surface area contributed by atoms with Crippen LogP contribution in [0.3, 0.4) is 0 Å². The van der Waals surface area contributed by atoms with Crippen molar-refractivity contribution in [1.82, 2.24) is 24.1 Å². The summed E-state index contributed by atoms with van der Waals surface area (Å²) in [5, 5.41) is 15.7. The van der Waals surface area contributed by atoms with E-state index in [9.17, 15) is 14.9 Å². The van der Waals surface area contributed by atoms with Crippen molar-refractivity contribution < 1.29 is 4.92 Å². The number of anilines is 1. The van der Waals surface area contributed by atoms with Crippen molar-refractivity contribution in [3.63, 3.8) is 0 Å². The highest BCUT2D eigenvalue weighted by molar-refractivity contribution is 5.62. The van der Waals surface area contributed by atoms with Gasteiger partial charge in [0.25, 0.3) is 0 Å². The maximum absolute atomic E-state index is 12.7. The molecule has 3 aromatic heterocycles. The third kappa shape index (κ3) is 3.20. The summed E-state index contributed by atoms with van der Waals surface area (Å²) in [7, 11) is 1.68. The van der Waals surface area contributed by atoms with E-state index in [1.807, 2.05) is 31.2 Å². The van der Waals surface area contributed by atoms with Gasteiger partial charge in [-0.1, -0.05) is 18.2 Å². The van der Waals surface area contributed by atoms with Crippen LogP contribution in [0.1, 0.15) is 18.5 Å². The average molecular weight is 391 g/mol. The van der Waals surface area contributed by atoms with Crippen LogP contribution in [0.4, 0.5) is 11.5 Å². The molecule has 146 valence electrons. The standard InChI is InChI=1S/C19H17N7O3/c1-13(14-6-8-15(9-7-14)25-12-20-11-21-25)23(2)18-17(26(28)29)19(27)24-10-4-3-5-16(24)22-18/h3-13H,1-2H3. The van der Waals surface area contributed by atoms with E-state index in [2.05, 4.69) is 15.1 Å². The lowest BCUT2D eigenvalue weighted by Gasteiger charge is -2.26. The van der Waals surface area contributed by atoms with E-state index >= 15 is 0 Å². The SMILES string of the molecule is CC(c1ccc(-n2cncn2)cc1)N(C)c1nc2ccccn2c(=O)c1[N+](=O)[O-]. The Balaban J connectivity index is 1.74. The molecule has 4 rings (SSSR count). The second-order valence-electron chi connectivity index (χ2n) is 6.49. The molecule has 0 fully saturated rings. The maximum Gasteiger partial charge on any atom is 0.376 e. The third-order valence-corrected chi connectivity index (χ3v) is 4.85. The number of hydrogen-bond acceptors (Lipinski definition) is 7. The lowest BCUT2D eigenvalue weighted by atomic mass is 10.1. The zero-order chi connectivity index (χ0) is 20.5. The Morgan fingerprint density at radius 3 is 2.59 bits per heavy atom. The first-order chi connectivity index (χ1) is 14.0. The van der Waals surface area contributed by atoms with Gasteiger partial charge in [-0.05, 0) is 36.8 Å². The van der Waals surface area contributed by atoms with Gasteiger partial charge in [0.15, 0.2) is 0 Å². The van der Waals surface area contributed by atoms with Gasteiger partial charge in [0.1, 0.15) is 18.3 Å². The second kappa shape index (κ2) is 7.15. The van der Waals surface area contributed by atoms with Gasteiger partial charge in [-0.3, -0.25) is 19.3 Å². The Morgan fingerprint density at radius 2 is 1.93 bits per heavy atom. The van der Waals surface area contributed by atoms with Crippen LogP contribution < -0.4 is 10.5 Å². The Labute approximate surface area is 164 Å². The van der Waals surface area contributed by atoms with Crippen LogP contribution in [0.5, 0.6) is 0 Å². The van der Waals surface area contributed by atoms with E-state index in [1.165, 1.54) is 16.9 Å². The van der Waals surface area contributed by atoms with Crippen LogP contribution >= 0.6 is 0 Å². The van der Waals surface area contributed by atoms with Crippen LogP contribution in [0.2, 0.25) is 0 Å². The number of hydrogen-bond donors (Lipinski definition) is 0. The number of nitro groups is 1. The minimum atomic E-state index is -0.712. The summed E-state index contributed by atoms with van der Waals surface area (Å²) in [6.07, 6.45) is 4.52. The minimum Gasteiger partial charge on any atom is -0.347 e. The fourth-order valence-electron chi connectivity index (χ4n) is 3.13. The molecular weight excluding hydrogens is 374 g/mol. The minimum absolute atomic E-state index is 0.0269. The highest BCUT2D eigenvalue weighted by atomic mass is 16.6. The van der Waals surface area contributed by atoms with Gasteiger partial charge in [0.2, 0.25) is 5.82 Å². The second-order valence-corrected chi connectivity index (χ2v) is 6.49. The van der Waals surface area contributed by atoms with Crippen molar-refractivity contribution in [1.29, 1.82) is 0 Å². The largest absolute Gasteiger partial charge is 0.376 e. The van der Waals surface area contributed by atoms with Crippen LogP contribution in [0.15, 0.2) is 66.1 Å². The molecule has 29 heavy (non-hydrogen) atoms. The summed E-state index contributed by atoms with van der Waals surface area (Å²) in [5.74, 6) is 0.0269. The fourth-order valence-corrected chi connectivity index (χ4v) is 3.13. The lowest BCUT2D eigenvalue weighted by Crippen LogP contribution is -2.28. The molecule has 0 spiro atoms. The molecule has 0 N–H and O–H groups in total. The summed E-state index contributed by atoms with van der Waals surface area (Å²) in [6.45, 7) is 1.89. The molecule has 4 aromatic rings. The Kier molecular flexibility index (Phi) is 4.51. The quantitative estimate of drug-likeness (QED) is 0.379. The van der Waals surface area contributed by atoms with E-state index in [0.29, 0.717) is 5.65 Å². The Morgan fingerprint density at radius 1 is 1.17 bits per heavy atom. The van der Waals surface area contributed by atoms with Crippen molar-refractivity contribution >= 4 is 17.2 Å². The zero-order valence-electron chi connectivity index (χ0n) is 15.7. The van der Waals surface area contributed by atoms with E-state index in [-0.39, 0.29) is 11.9 Å². The first-order valence-electron chi connectivity index (χ1n) is 8.81. The Hall–Kier alpha value is -4.08. The van der Waals surface area contributed by atoms with Crippen molar-refractivity contribution in [2.24, 2.45) is 0 Å². The predicted octanol–water partition coefficient (Wildman–Crippen LogP) is 2.38. The molecule has 0 aliphatic heterocycles. The summed E-state index contributed by atoms with van der Waals surface area (Å²) in [5.41, 5.74) is 0.826. The van der Waals surface area contributed by atoms with Crippen LogP contribution in [0.25, 0.3) is 11.3 Å². The summed E-state index contributed by atoms with van der Waals surface area (Å²) >= 11 is 0. The van der Waals surface area contributed by atoms with Gasteiger partial charge >= 0.3 is 11.2 Å². The molecule has 1 unspecified atom stereocenters. The smallest absolute Gasteiger partial charge is 0.347 e. The summed E-state index contributed by atoms with van der Waals surface area (Å²) in [6, 6.07) is 12.3. The first-order valence-corrected chi connectivity index (χ1v) is 8.81. The molecule has 0 saturated heterocycles. The van der Waals surface area contributed by atoms with Crippen LogP contribution in [-0.4, -0.2) is 36.1 Å². The molecule has 1 aromatic carbocycles. The fraction of sp³-hybridized carbons (Fsp3) is 0.158. The van der Waals surface area contributed by atoms with Gasteiger partial charge < -0.3 is 4.90 Å². The molecule has 3 heterocycles. The van der Waals surface area contributed by atoms with Gasteiger partial charge in [0.05, 0.1) is 16.7 Å². The summed E-state index contributed by atoms with van der Waals surface area (Å²) in [4.78, 5) is 33.6. The number of rotatable bonds is 5. The first kappa shape index (κ1) is 18.3. The third-order valence-electron chi connectivity index (χ3n) is 4.85. The van der Waals surface area contributed by atoms with Gasteiger partial charge in [-0.2, -0.15) is 5.10 Å². The number of fused-ring (bicyclic) bond motifs is 1. The molecule has 0 bridgehead atoms. The van der Waals surface area contributed by atoms with Crippen LogP contribution in [-0.2, 0) is 0 Å². The van der Waals surface area contributed by atoms with Crippen molar-refractivity contribution in [3.05, 3.63) is 87.3 Å². The number of pyridine rings is 1. The average Bonchev–Trinajstić information content (AvgIpc) is 3.27. The van der Waals surface area contributed by atoms with Crippen molar-refractivity contribution in [2.45, 2.75) is 13.0 Å². The normalized spacial score (nSPS) is 12.1. The van der Waals surface area contributed by atoms with E-state index in [4.69, 9.17) is 0 Å². The zero-order valence-corrected chi connectivity index (χ0v) is 15.7. The Bertz CT molecular complexity index is 1230. The molecule has 10 nitrogen and oxygen atoms in total. The summed E-state index contributed by atoms with van der Waals surface area (Å²) < 4.78 is 2.81. The molecular formula is C19H17N7O3. The molecule has 0 radical (unpaired) electrons. The monoisotopic (exact) mass is 391 g/mol. The number of aromatic nitrogens is 5. The number of benzene rings is 1. The van der Waals surface area contributed by atoms with E-state index in [1.54, 1.807) is 41.2 Å². The molecule has 0 aliphatic rings. The maximum atomic E-state index is 12.7. The van der Waals surface area contributed by atoms with Gasteiger partial charge in [0, 0.05) is 13.2 Å². The van der Waals surface area contributed by atoms with E-state index in [0.717, 1.165) is 11.3 Å². The molecule has 1 atom stereocenters. The lowest BCUT2D eigenvalue weighted by molar-refractivity contribution is -0.385.